The Morgan fingerprint density at radius 1 is 1.35 bits per heavy atom. The molecule has 0 bridgehead atoms. The lowest BCUT2D eigenvalue weighted by Crippen LogP contribution is -1.93. The molecule has 1 aromatic rings. The molecule has 0 heterocycles. The number of isothiocyanates is 1. The summed E-state index contributed by atoms with van der Waals surface area (Å²) in [7, 11) is 3.09. The van der Waals surface area contributed by atoms with Gasteiger partial charge < -0.3 is 9.47 Å². The highest BCUT2D eigenvalue weighted by Crippen LogP contribution is 2.29. The summed E-state index contributed by atoms with van der Waals surface area (Å²) in [5, 5.41) is 2.01. The van der Waals surface area contributed by atoms with E-state index in [1.54, 1.807) is 38.5 Å². The summed E-state index contributed by atoms with van der Waals surface area (Å²) >= 11 is 4.34. The number of amides is 1. The fourth-order valence-corrected chi connectivity index (χ4v) is 1.37. The standard InChI is InChI=1S/C12H11NO3S/c1-15-10-4-3-5-11(16-2)9(10)6-7-12(14)13-8-17/h3-7H,1-2H3/b7-6+. The molecule has 0 aliphatic heterocycles. The minimum Gasteiger partial charge on any atom is -0.496 e. The fraction of sp³-hybridized carbons (Fsp3) is 0.167. The SMILES string of the molecule is COc1cccc(OC)c1/C=C/C(=O)N=C=S. The van der Waals surface area contributed by atoms with Gasteiger partial charge in [-0.3, -0.25) is 4.79 Å². The molecular weight excluding hydrogens is 238 g/mol. The number of ether oxygens (including phenoxy) is 2. The molecule has 0 fully saturated rings. The van der Waals surface area contributed by atoms with Crippen LogP contribution in [0.5, 0.6) is 11.5 Å². The van der Waals surface area contributed by atoms with E-state index in [-0.39, 0.29) is 0 Å². The Balaban J connectivity index is 3.11. The first kappa shape index (κ1) is 13.1. The Hall–Kier alpha value is -1.97. The van der Waals surface area contributed by atoms with Gasteiger partial charge in [0.15, 0.2) is 0 Å². The molecule has 4 nitrogen and oxygen atoms in total. The Morgan fingerprint density at radius 3 is 2.41 bits per heavy atom. The van der Waals surface area contributed by atoms with Crippen LogP contribution in [0.25, 0.3) is 6.08 Å². The first-order valence-corrected chi connectivity index (χ1v) is 5.14. The van der Waals surface area contributed by atoms with E-state index in [0.717, 1.165) is 0 Å². The van der Waals surface area contributed by atoms with Crippen molar-refractivity contribution < 1.29 is 14.3 Å². The van der Waals surface area contributed by atoms with Crippen LogP contribution in [-0.4, -0.2) is 25.3 Å². The summed E-state index contributed by atoms with van der Waals surface area (Å²) in [5.41, 5.74) is 0.672. The lowest BCUT2D eigenvalue weighted by Gasteiger charge is -2.09. The molecule has 0 saturated heterocycles. The average Bonchev–Trinajstić information content (AvgIpc) is 2.36. The second-order valence-corrected chi connectivity index (χ2v) is 3.13. The quantitative estimate of drug-likeness (QED) is 0.467. The molecule has 1 amide bonds. The summed E-state index contributed by atoms with van der Waals surface area (Å²) in [6, 6.07) is 5.34. The lowest BCUT2D eigenvalue weighted by atomic mass is 10.1. The van der Waals surface area contributed by atoms with Crippen LogP contribution in [0, 0.1) is 0 Å². The summed E-state index contributed by atoms with van der Waals surface area (Å²) in [5.74, 6) is 0.743. The zero-order valence-electron chi connectivity index (χ0n) is 9.47. The molecule has 0 aromatic heterocycles. The van der Waals surface area contributed by atoms with Crippen molar-refractivity contribution in [3.8, 4) is 11.5 Å². The molecule has 1 rings (SSSR count). The van der Waals surface area contributed by atoms with Gasteiger partial charge in [-0.2, -0.15) is 4.99 Å². The van der Waals surface area contributed by atoms with Crippen molar-refractivity contribution in [1.29, 1.82) is 0 Å². The maximum absolute atomic E-state index is 11.2. The van der Waals surface area contributed by atoms with Crippen molar-refractivity contribution in [2.45, 2.75) is 0 Å². The Bertz CT molecular complexity index is 468. The third-order valence-corrected chi connectivity index (χ3v) is 2.11. The van der Waals surface area contributed by atoms with Crippen LogP contribution in [0.4, 0.5) is 0 Å². The van der Waals surface area contributed by atoms with Crippen molar-refractivity contribution >= 4 is 29.4 Å². The topological polar surface area (TPSA) is 47.9 Å². The van der Waals surface area contributed by atoms with Gasteiger partial charge in [0.25, 0.3) is 5.91 Å². The molecule has 0 aliphatic carbocycles. The Morgan fingerprint density at radius 2 is 1.94 bits per heavy atom. The van der Waals surface area contributed by atoms with Crippen molar-refractivity contribution in [1.82, 2.24) is 0 Å². The van der Waals surface area contributed by atoms with Gasteiger partial charge in [-0.1, -0.05) is 6.07 Å². The Labute approximate surface area is 105 Å². The smallest absolute Gasteiger partial charge is 0.278 e. The predicted octanol–water partition coefficient (Wildman–Crippen LogP) is 2.35. The number of aliphatic imine (C=N–C) groups is 1. The van der Waals surface area contributed by atoms with Crippen LogP contribution in [0.3, 0.4) is 0 Å². The number of methoxy groups -OCH3 is 2. The molecule has 17 heavy (non-hydrogen) atoms. The van der Waals surface area contributed by atoms with E-state index in [4.69, 9.17) is 9.47 Å². The third kappa shape index (κ3) is 3.52. The van der Waals surface area contributed by atoms with E-state index >= 15 is 0 Å². The van der Waals surface area contributed by atoms with E-state index < -0.39 is 5.91 Å². The van der Waals surface area contributed by atoms with Gasteiger partial charge in [-0.25, -0.2) is 0 Å². The third-order valence-electron chi connectivity index (χ3n) is 2.01. The minimum absolute atomic E-state index is 0.479. The van der Waals surface area contributed by atoms with Crippen LogP contribution in [0.15, 0.2) is 29.3 Å². The van der Waals surface area contributed by atoms with E-state index in [2.05, 4.69) is 17.2 Å². The first-order chi connectivity index (χ1) is 8.22. The molecule has 0 radical (unpaired) electrons. The molecule has 0 N–H and O–H groups in total. The van der Waals surface area contributed by atoms with Crippen LogP contribution in [0.1, 0.15) is 5.56 Å². The van der Waals surface area contributed by atoms with E-state index in [0.29, 0.717) is 17.1 Å². The number of hydrogen-bond donors (Lipinski definition) is 0. The fourth-order valence-electron chi connectivity index (χ4n) is 1.28. The summed E-state index contributed by atoms with van der Waals surface area (Å²) < 4.78 is 10.3. The minimum atomic E-state index is -0.479. The monoisotopic (exact) mass is 249 g/mol. The second kappa shape index (κ2) is 6.58. The number of thiocarbonyl (C=S) groups is 1. The number of nitrogens with zero attached hydrogens (tertiary/aromatic N) is 1. The zero-order valence-corrected chi connectivity index (χ0v) is 10.3. The molecule has 0 saturated carbocycles. The average molecular weight is 249 g/mol. The van der Waals surface area contributed by atoms with E-state index in [1.807, 2.05) is 5.16 Å². The molecule has 0 aliphatic rings. The van der Waals surface area contributed by atoms with Crippen LogP contribution < -0.4 is 9.47 Å². The highest BCUT2D eigenvalue weighted by molar-refractivity contribution is 7.78. The van der Waals surface area contributed by atoms with Crippen molar-refractivity contribution in [3.05, 3.63) is 29.8 Å². The van der Waals surface area contributed by atoms with Crippen molar-refractivity contribution in [2.24, 2.45) is 4.99 Å². The molecule has 5 heteroatoms. The summed E-state index contributed by atoms with van der Waals surface area (Å²) in [6.07, 6.45) is 2.84. The van der Waals surface area contributed by atoms with Gasteiger partial charge in [-0.05, 0) is 30.4 Å². The molecule has 88 valence electrons. The van der Waals surface area contributed by atoms with Gasteiger partial charge in [0.05, 0.1) is 24.9 Å². The van der Waals surface area contributed by atoms with Gasteiger partial charge in [0, 0.05) is 6.08 Å². The molecule has 0 unspecified atom stereocenters. The number of rotatable bonds is 4. The summed E-state index contributed by atoms with van der Waals surface area (Å²) in [4.78, 5) is 14.5. The van der Waals surface area contributed by atoms with Crippen LogP contribution >= 0.6 is 12.2 Å². The van der Waals surface area contributed by atoms with Crippen LogP contribution in [0.2, 0.25) is 0 Å². The number of carbonyl (C=O) groups excluding carboxylic acids is 1. The van der Waals surface area contributed by atoms with Gasteiger partial charge in [-0.15, -0.1) is 0 Å². The molecule has 0 spiro atoms. The number of carbonyl (C=O) groups is 1. The maximum atomic E-state index is 11.2. The largest absolute Gasteiger partial charge is 0.496 e. The van der Waals surface area contributed by atoms with Gasteiger partial charge in [0.2, 0.25) is 0 Å². The Kier molecular flexibility index (Phi) is 5.07. The highest BCUT2D eigenvalue weighted by atomic mass is 32.1. The second-order valence-electron chi connectivity index (χ2n) is 2.95. The first-order valence-electron chi connectivity index (χ1n) is 4.73. The lowest BCUT2D eigenvalue weighted by molar-refractivity contribution is -0.113. The van der Waals surface area contributed by atoms with E-state index in [9.17, 15) is 4.79 Å². The number of benzene rings is 1. The zero-order chi connectivity index (χ0) is 12.7. The number of hydrogen-bond acceptors (Lipinski definition) is 4. The normalized spacial score (nSPS) is 9.76. The van der Waals surface area contributed by atoms with Gasteiger partial charge >= 0.3 is 0 Å². The van der Waals surface area contributed by atoms with Crippen LogP contribution in [-0.2, 0) is 4.79 Å². The highest BCUT2D eigenvalue weighted by Gasteiger charge is 2.06. The van der Waals surface area contributed by atoms with Crippen molar-refractivity contribution in [2.75, 3.05) is 14.2 Å². The summed E-state index contributed by atoms with van der Waals surface area (Å²) in [6.45, 7) is 0. The predicted molar refractivity (Wildman–Crippen MR) is 68.6 cm³/mol. The molecular formula is C12H11NO3S. The molecule has 1 aromatic carbocycles. The van der Waals surface area contributed by atoms with Crippen molar-refractivity contribution in [3.63, 3.8) is 0 Å². The maximum Gasteiger partial charge on any atom is 0.278 e. The molecule has 0 atom stereocenters. The van der Waals surface area contributed by atoms with Gasteiger partial charge in [0.1, 0.15) is 11.5 Å². The van der Waals surface area contributed by atoms with E-state index in [1.165, 1.54) is 6.08 Å².